The summed E-state index contributed by atoms with van der Waals surface area (Å²) in [6.45, 7) is 3.68. The van der Waals surface area contributed by atoms with Gasteiger partial charge in [0.1, 0.15) is 0 Å². The second kappa shape index (κ2) is 5.41. The van der Waals surface area contributed by atoms with E-state index in [1.54, 1.807) is 11.1 Å². The molecule has 1 heterocycles. The highest BCUT2D eigenvalue weighted by Crippen LogP contribution is 2.35. The van der Waals surface area contributed by atoms with E-state index in [2.05, 4.69) is 41.5 Å². The molecule has 1 atom stereocenters. The van der Waals surface area contributed by atoms with Gasteiger partial charge in [0.05, 0.1) is 0 Å². The molecule has 2 nitrogen and oxygen atoms in total. The Hall–Kier alpha value is -0.860. The first-order chi connectivity index (χ1) is 8.84. The maximum Gasteiger partial charge on any atom is 0.0351 e. The van der Waals surface area contributed by atoms with Crippen molar-refractivity contribution in [2.24, 2.45) is 5.92 Å². The largest absolute Gasteiger partial charge is 0.317 e. The topological polar surface area (TPSA) is 15.3 Å². The monoisotopic (exact) mass is 244 g/mol. The van der Waals surface area contributed by atoms with Crippen LogP contribution >= 0.6 is 0 Å². The number of fused-ring (bicyclic) bond motifs is 1. The maximum atomic E-state index is 3.45. The summed E-state index contributed by atoms with van der Waals surface area (Å²) >= 11 is 0. The van der Waals surface area contributed by atoms with Crippen LogP contribution in [0.4, 0.5) is 0 Å². The van der Waals surface area contributed by atoms with Crippen molar-refractivity contribution >= 4 is 0 Å². The number of piperidine rings is 1. The van der Waals surface area contributed by atoms with E-state index in [1.165, 1.54) is 45.3 Å². The number of hydrogen-bond donors (Lipinski definition) is 1. The molecule has 1 saturated heterocycles. The van der Waals surface area contributed by atoms with Gasteiger partial charge in [-0.15, -0.1) is 0 Å². The number of nitrogens with zero attached hydrogens (tertiary/aromatic N) is 1. The van der Waals surface area contributed by atoms with Crippen molar-refractivity contribution in [1.82, 2.24) is 10.2 Å². The Balaban J connectivity index is 1.64. The van der Waals surface area contributed by atoms with E-state index in [1.807, 2.05) is 0 Å². The van der Waals surface area contributed by atoms with Crippen molar-refractivity contribution < 1.29 is 0 Å². The molecule has 1 aliphatic heterocycles. The minimum atomic E-state index is 0.663. The lowest BCUT2D eigenvalue weighted by molar-refractivity contribution is 0.186. The first kappa shape index (κ1) is 12.2. The lowest BCUT2D eigenvalue weighted by Gasteiger charge is -2.31. The van der Waals surface area contributed by atoms with Gasteiger partial charge in [0.25, 0.3) is 0 Å². The second-order valence-corrected chi connectivity index (χ2v) is 5.89. The Morgan fingerprint density at radius 2 is 1.94 bits per heavy atom. The van der Waals surface area contributed by atoms with Gasteiger partial charge in [-0.1, -0.05) is 24.3 Å². The quantitative estimate of drug-likeness (QED) is 0.879. The van der Waals surface area contributed by atoms with E-state index in [-0.39, 0.29) is 0 Å². The van der Waals surface area contributed by atoms with Crippen LogP contribution in [-0.2, 0) is 6.42 Å². The van der Waals surface area contributed by atoms with E-state index in [0.29, 0.717) is 6.04 Å². The SMILES string of the molecule is CN(CC1CCNCC1)C1CCc2ccccc21. The first-order valence-electron chi connectivity index (χ1n) is 7.33. The summed E-state index contributed by atoms with van der Waals surface area (Å²) < 4.78 is 0. The zero-order valence-corrected chi connectivity index (χ0v) is 11.4. The molecule has 2 aliphatic rings. The lowest BCUT2D eigenvalue weighted by atomic mass is 9.96. The molecule has 0 aromatic heterocycles. The van der Waals surface area contributed by atoms with Crippen LogP contribution < -0.4 is 5.32 Å². The fourth-order valence-electron chi connectivity index (χ4n) is 3.59. The Morgan fingerprint density at radius 1 is 1.17 bits per heavy atom. The predicted octanol–water partition coefficient (Wildman–Crippen LogP) is 2.61. The smallest absolute Gasteiger partial charge is 0.0351 e. The van der Waals surface area contributed by atoms with Crippen molar-refractivity contribution in [3.8, 4) is 0 Å². The highest BCUT2D eigenvalue weighted by molar-refractivity contribution is 5.34. The van der Waals surface area contributed by atoms with E-state index in [0.717, 1.165) is 5.92 Å². The van der Waals surface area contributed by atoms with E-state index in [9.17, 15) is 0 Å². The average Bonchev–Trinajstić information content (AvgIpc) is 2.84. The molecule has 1 aliphatic carbocycles. The molecule has 0 spiro atoms. The fraction of sp³-hybridized carbons (Fsp3) is 0.625. The minimum absolute atomic E-state index is 0.663. The summed E-state index contributed by atoms with van der Waals surface area (Å²) in [4.78, 5) is 2.60. The molecule has 1 fully saturated rings. The molecule has 0 radical (unpaired) electrons. The van der Waals surface area contributed by atoms with Gasteiger partial charge in [0, 0.05) is 12.6 Å². The van der Waals surface area contributed by atoms with Crippen LogP contribution in [0.15, 0.2) is 24.3 Å². The van der Waals surface area contributed by atoms with Gasteiger partial charge in [0.2, 0.25) is 0 Å². The van der Waals surface area contributed by atoms with Gasteiger partial charge in [-0.2, -0.15) is 0 Å². The van der Waals surface area contributed by atoms with Crippen LogP contribution in [0.2, 0.25) is 0 Å². The van der Waals surface area contributed by atoms with Gasteiger partial charge >= 0.3 is 0 Å². The molecule has 18 heavy (non-hydrogen) atoms. The van der Waals surface area contributed by atoms with E-state index >= 15 is 0 Å². The lowest BCUT2D eigenvalue weighted by Crippen LogP contribution is -2.35. The summed E-state index contributed by atoms with van der Waals surface area (Å²) in [5.74, 6) is 0.893. The maximum absolute atomic E-state index is 3.45. The Kier molecular flexibility index (Phi) is 3.67. The molecular weight excluding hydrogens is 220 g/mol. The normalized spacial score (nSPS) is 24.4. The fourth-order valence-corrected chi connectivity index (χ4v) is 3.59. The Labute approximate surface area is 110 Å². The molecule has 1 aromatic rings. The summed E-state index contributed by atoms with van der Waals surface area (Å²) in [5.41, 5.74) is 3.15. The molecule has 98 valence electrons. The van der Waals surface area contributed by atoms with Crippen LogP contribution in [0.5, 0.6) is 0 Å². The molecule has 0 saturated carbocycles. The average molecular weight is 244 g/mol. The molecule has 1 N–H and O–H groups in total. The Bertz CT molecular complexity index is 396. The Morgan fingerprint density at radius 3 is 2.78 bits per heavy atom. The number of benzene rings is 1. The van der Waals surface area contributed by atoms with Crippen LogP contribution in [0.25, 0.3) is 0 Å². The highest BCUT2D eigenvalue weighted by Gasteiger charge is 2.27. The standard InChI is InChI=1S/C16H24N2/c1-18(12-13-8-10-17-11-9-13)16-7-6-14-4-2-3-5-15(14)16/h2-5,13,16-17H,6-12H2,1H3. The summed E-state index contributed by atoms with van der Waals surface area (Å²) in [7, 11) is 2.31. The zero-order chi connectivity index (χ0) is 12.4. The number of rotatable bonds is 3. The summed E-state index contributed by atoms with van der Waals surface area (Å²) in [6, 6.07) is 9.65. The van der Waals surface area contributed by atoms with Crippen LogP contribution in [0.1, 0.15) is 36.4 Å². The molecule has 2 heteroatoms. The van der Waals surface area contributed by atoms with Gasteiger partial charge < -0.3 is 5.32 Å². The highest BCUT2D eigenvalue weighted by atomic mass is 15.1. The van der Waals surface area contributed by atoms with Crippen molar-refractivity contribution in [1.29, 1.82) is 0 Å². The van der Waals surface area contributed by atoms with Crippen molar-refractivity contribution in [2.75, 3.05) is 26.7 Å². The summed E-state index contributed by atoms with van der Waals surface area (Å²) in [5, 5.41) is 3.45. The minimum Gasteiger partial charge on any atom is -0.317 e. The molecule has 3 rings (SSSR count). The van der Waals surface area contributed by atoms with Gasteiger partial charge in [0.15, 0.2) is 0 Å². The summed E-state index contributed by atoms with van der Waals surface area (Å²) in [6.07, 6.45) is 5.26. The third kappa shape index (κ3) is 2.45. The van der Waals surface area contributed by atoms with Crippen LogP contribution in [0, 0.1) is 5.92 Å². The van der Waals surface area contributed by atoms with Crippen LogP contribution in [-0.4, -0.2) is 31.6 Å². The van der Waals surface area contributed by atoms with Gasteiger partial charge in [-0.05, 0) is 62.9 Å². The zero-order valence-electron chi connectivity index (χ0n) is 11.4. The van der Waals surface area contributed by atoms with Crippen molar-refractivity contribution in [3.05, 3.63) is 35.4 Å². The first-order valence-corrected chi connectivity index (χ1v) is 7.33. The van der Waals surface area contributed by atoms with Crippen molar-refractivity contribution in [2.45, 2.75) is 31.7 Å². The van der Waals surface area contributed by atoms with Crippen molar-refractivity contribution in [3.63, 3.8) is 0 Å². The number of aryl methyl sites for hydroxylation is 1. The molecule has 1 aromatic carbocycles. The molecular formula is C16H24N2. The van der Waals surface area contributed by atoms with E-state index in [4.69, 9.17) is 0 Å². The van der Waals surface area contributed by atoms with E-state index < -0.39 is 0 Å². The number of hydrogen-bond acceptors (Lipinski definition) is 2. The molecule has 0 amide bonds. The molecule has 1 unspecified atom stereocenters. The third-order valence-corrected chi connectivity index (χ3v) is 4.64. The van der Waals surface area contributed by atoms with Crippen LogP contribution in [0.3, 0.4) is 0 Å². The number of nitrogens with one attached hydrogen (secondary N) is 1. The van der Waals surface area contributed by atoms with Gasteiger partial charge in [-0.3, -0.25) is 4.90 Å². The molecule has 0 bridgehead atoms. The van der Waals surface area contributed by atoms with Gasteiger partial charge in [-0.25, -0.2) is 0 Å². The second-order valence-electron chi connectivity index (χ2n) is 5.89. The third-order valence-electron chi connectivity index (χ3n) is 4.64. The predicted molar refractivity (Wildman–Crippen MR) is 75.7 cm³/mol.